The van der Waals surface area contributed by atoms with Crippen molar-refractivity contribution in [1.82, 2.24) is 10.5 Å². The van der Waals surface area contributed by atoms with Crippen molar-refractivity contribution in [2.45, 2.75) is 30.8 Å². The number of aryl methyl sites for hydroxylation is 1. The second-order valence-electron chi connectivity index (χ2n) is 6.74. The number of carbonyl (C=O) groups is 1. The molecule has 1 aromatic heterocycles. The molecule has 2 aromatic carbocycles. The number of hydrogen-bond acceptors (Lipinski definition) is 5. The third-order valence-corrected chi connectivity index (χ3v) is 5.60. The number of fused-ring (bicyclic) bond motifs is 1. The van der Waals surface area contributed by atoms with E-state index in [1.807, 2.05) is 13.0 Å². The fourth-order valence-electron chi connectivity index (χ4n) is 3.28. The van der Waals surface area contributed by atoms with Crippen LogP contribution >= 0.6 is 11.8 Å². The second kappa shape index (κ2) is 8.10. The summed E-state index contributed by atoms with van der Waals surface area (Å²) in [5.41, 5.74) is 3.84. The molecule has 1 aliphatic rings. The van der Waals surface area contributed by atoms with Crippen molar-refractivity contribution in [3.05, 3.63) is 65.5 Å². The van der Waals surface area contributed by atoms with Gasteiger partial charge in [-0.15, -0.1) is 11.8 Å². The summed E-state index contributed by atoms with van der Waals surface area (Å²) in [6.45, 7) is 2.39. The Balaban J connectivity index is 1.38. The molecule has 5 nitrogen and oxygen atoms in total. The molecule has 1 unspecified atom stereocenters. The Labute approximate surface area is 168 Å². The zero-order chi connectivity index (χ0) is 19.5. The van der Waals surface area contributed by atoms with E-state index in [0.29, 0.717) is 24.4 Å². The minimum atomic E-state index is -0.238. The van der Waals surface area contributed by atoms with Gasteiger partial charge in [0.2, 0.25) is 0 Å². The highest BCUT2D eigenvalue weighted by Crippen LogP contribution is 2.33. The van der Waals surface area contributed by atoms with Gasteiger partial charge >= 0.3 is 0 Å². The second-order valence-corrected chi connectivity index (χ2v) is 7.62. The van der Waals surface area contributed by atoms with Crippen LogP contribution in [0.25, 0.3) is 11.1 Å². The van der Waals surface area contributed by atoms with E-state index in [9.17, 15) is 4.79 Å². The minimum Gasteiger partial charge on any atom is -0.488 e. The van der Waals surface area contributed by atoms with Gasteiger partial charge in [-0.3, -0.25) is 4.79 Å². The van der Waals surface area contributed by atoms with E-state index in [4.69, 9.17) is 9.26 Å². The Hall–Kier alpha value is -2.73. The van der Waals surface area contributed by atoms with Gasteiger partial charge in [-0.05, 0) is 47.2 Å². The Morgan fingerprint density at radius 2 is 1.96 bits per heavy atom. The minimum absolute atomic E-state index is 0.0781. The molecule has 0 saturated heterocycles. The summed E-state index contributed by atoms with van der Waals surface area (Å²) >= 11 is 1.74. The Bertz CT molecular complexity index is 982. The molecule has 1 N–H and O–H groups in total. The van der Waals surface area contributed by atoms with Crippen molar-refractivity contribution < 1.29 is 14.1 Å². The number of rotatable bonds is 6. The lowest BCUT2D eigenvalue weighted by Crippen LogP contribution is -2.34. The molecular weight excluding hydrogens is 372 g/mol. The molecule has 0 fully saturated rings. The molecule has 6 heteroatoms. The van der Waals surface area contributed by atoms with Crippen molar-refractivity contribution in [2.75, 3.05) is 12.8 Å². The summed E-state index contributed by atoms with van der Waals surface area (Å²) in [6, 6.07) is 16.5. The SMILES string of the molecule is CCc1cc(C(=O)NCC2Cc3cc(-c4ccc(SC)cc4)ccc3O2)no1. The molecule has 3 aromatic rings. The number of thioether (sulfide) groups is 1. The van der Waals surface area contributed by atoms with E-state index in [2.05, 4.69) is 53.1 Å². The van der Waals surface area contributed by atoms with Crippen molar-refractivity contribution in [2.24, 2.45) is 0 Å². The topological polar surface area (TPSA) is 64.4 Å². The largest absolute Gasteiger partial charge is 0.488 e. The summed E-state index contributed by atoms with van der Waals surface area (Å²) in [5, 5.41) is 6.68. The molecule has 1 aliphatic heterocycles. The van der Waals surface area contributed by atoms with Crippen LogP contribution in [0.15, 0.2) is 57.9 Å². The normalized spacial score (nSPS) is 15.1. The Morgan fingerprint density at radius 3 is 2.68 bits per heavy atom. The van der Waals surface area contributed by atoms with Gasteiger partial charge in [0.25, 0.3) is 5.91 Å². The van der Waals surface area contributed by atoms with Crippen LogP contribution in [-0.4, -0.2) is 30.0 Å². The van der Waals surface area contributed by atoms with Crippen molar-refractivity contribution >= 4 is 17.7 Å². The average molecular weight is 394 g/mol. The van der Waals surface area contributed by atoms with Crippen molar-refractivity contribution in [3.63, 3.8) is 0 Å². The lowest BCUT2D eigenvalue weighted by Gasteiger charge is -2.10. The molecule has 0 aliphatic carbocycles. The number of hydrogen-bond donors (Lipinski definition) is 1. The maximum absolute atomic E-state index is 12.2. The molecule has 28 heavy (non-hydrogen) atoms. The number of benzene rings is 2. The van der Waals surface area contributed by atoms with Crippen LogP contribution in [0.2, 0.25) is 0 Å². The average Bonchev–Trinajstić information content (AvgIpc) is 3.38. The van der Waals surface area contributed by atoms with E-state index < -0.39 is 0 Å². The van der Waals surface area contributed by atoms with Gasteiger partial charge in [0, 0.05) is 23.8 Å². The number of nitrogens with zero attached hydrogens (tertiary/aromatic N) is 1. The first-order chi connectivity index (χ1) is 13.7. The van der Waals surface area contributed by atoms with Crippen LogP contribution < -0.4 is 10.1 Å². The molecule has 144 valence electrons. The van der Waals surface area contributed by atoms with Gasteiger partial charge in [-0.2, -0.15) is 0 Å². The Morgan fingerprint density at radius 1 is 1.18 bits per heavy atom. The molecule has 0 radical (unpaired) electrons. The van der Waals surface area contributed by atoms with Gasteiger partial charge in [-0.1, -0.05) is 30.3 Å². The third-order valence-electron chi connectivity index (χ3n) is 4.86. The number of ether oxygens (including phenoxy) is 1. The van der Waals surface area contributed by atoms with Gasteiger partial charge in [-0.25, -0.2) is 0 Å². The zero-order valence-corrected chi connectivity index (χ0v) is 16.7. The van der Waals surface area contributed by atoms with Crippen LogP contribution in [0.3, 0.4) is 0 Å². The molecule has 0 bridgehead atoms. The van der Waals surface area contributed by atoms with Gasteiger partial charge in [0.1, 0.15) is 17.6 Å². The molecular formula is C22H22N2O3S. The van der Waals surface area contributed by atoms with Gasteiger partial charge < -0.3 is 14.6 Å². The highest BCUT2D eigenvalue weighted by atomic mass is 32.2. The molecule has 1 atom stereocenters. The van der Waals surface area contributed by atoms with Crippen LogP contribution in [-0.2, 0) is 12.8 Å². The lowest BCUT2D eigenvalue weighted by molar-refractivity contribution is 0.0924. The smallest absolute Gasteiger partial charge is 0.273 e. The maximum Gasteiger partial charge on any atom is 0.273 e. The van der Waals surface area contributed by atoms with E-state index >= 15 is 0 Å². The van der Waals surface area contributed by atoms with Crippen LogP contribution in [0.5, 0.6) is 5.75 Å². The maximum atomic E-state index is 12.2. The number of nitrogens with one attached hydrogen (secondary N) is 1. The number of carbonyl (C=O) groups excluding carboxylic acids is 1. The summed E-state index contributed by atoms with van der Waals surface area (Å²) in [7, 11) is 0. The van der Waals surface area contributed by atoms with Crippen molar-refractivity contribution in [3.8, 4) is 16.9 Å². The monoisotopic (exact) mass is 394 g/mol. The first kappa shape index (κ1) is 18.6. The fourth-order valence-corrected chi connectivity index (χ4v) is 3.69. The standard InChI is InChI=1S/C22H22N2O3S/c1-3-17-12-20(24-27-17)22(25)23-13-18-11-16-10-15(6-9-21(16)26-18)14-4-7-19(28-2)8-5-14/h4-10,12,18H,3,11,13H2,1-2H3,(H,23,25). The Kier molecular flexibility index (Phi) is 5.39. The fraction of sp³-hybridized carbons (Fsp3) is 0.273. The zero-order valence-electron chi connectivity index (χ0n) is 15.9. The first-order valence-corrected chi connectivity index (χ1v) is 10.6. The number of amides is 1. The van der Waals surface area contributed by atoms with Crippen LogP contribution in [0.4, 0.5) is 0 Å². The van der Waals surface area contributed by atoms with E-state index in [1.54, 1.807) is 17.8 Å². The molecule has 2 heterocycles. The van der Waals surface area contributed by atoms with E-state index in [-0.39, 0.29) is 12.0 Å². The van der Waals surface area contributed by atoms with Crippen molar-refractivity contribution in [1.29, 1.82) is 0 Å². The molecule has 4 rings (SSSR count). The summed E-state index contributed by atoms with van der Waals surface area (Å²) in [6.07, 6.45) is 3.48. The van der Waals surface area contributed by atoms with E-state index in [1.165, 1.54) is 21.6 Å². The van der Waals surface area contributed by atoms with Crippen LogP contribution in [0, 0.1) is 0 Å². The summed E-state index contributed by atoms with van der Waals surface area (Å²) < 4.78 is 11.1. The van der Waals surface area contributed by atoms with Gasteiger partial charge in [0.15, 0.2) is 5.69 Å². The highest BCUT2D eigenvalue weighted by Gasteiger charge is 2.24. The summed E-state index contributed by atoms with van der Waals surface area (Å²) in [5.74, 6) is 1.35. The van der Waals surface area contributed by atoms with Gasteiger partial charge in [0.05, 0.1) is 6.54 Å². The molecule has 0 saturated carbocycles. The predicted molar refractivity (Wildman–Crippen MR) is 110 cm³/mol. The molecule has 1 amide bonds. The third kappa shape index (κ3) is 3.92. The quantitative estimate of drug-likeness (QED) is 0.630. The lowest BCUT2D eigenvalue weighted by atomic mass is 10.0. The van der Waals surface area contributed by atoms with Crippen LogP contribution in [0.1, 0.15) is 28.7 Å². The number of aromatic nitrogens is 1. The molecule has 0 spiro atoms. The predicted octanol–water partition coefficient (Wildman–Crippen LogP) is 4.36. The highest BCUT2D eigenvalue weighted by molar-refractivity contribution is 7.98. The first-order valence-electron chi connectivity index (χ1n) is 9.34. The summed E-state index contributed by atoms with van der Waals surface area (Å²) in [4.78, 5) is 13.5. The van der Waals surface area contributed by atoms with E-state index in [0.717, 1.165) is 12.2 Å².